The molecule has 0 atom stereocenters. The van der Waals surface area contributed by atoms with Crippen molar-refractivity contribution in [3.63, 3.8) is 0 Å². The Morgan fingerprint density at radius 2 is 1.71 bits per heavy atom. The van der Waals surface area contributed by atoms with Gasteiger partial charge in [-0.1, -0.05) is 42.1 Å². The van der Waals surface area contributed by atoms with Crippen molar-refractivity contribution < 1.29 is 14.7 Å². The van der Waals surface area contributed by atoms with Crippen molar-refractivity contribution in [2.75, 3.05) is 5.32 Å². The van der Waals surface area contributed by atoms with Gasteiger partial charge in [0, 0.05) is 12.4 Å². The average Bonchev–Trinajstić information content (AvgIpc) is 2.81. The third kappa shape index (κ3) is 4.11. The molecule has 1 amide bonds. The number of nitrogens with one attached hydrogen (secondary N) is 1. The Kier molecular flexibility index (Phi) is 5.12. The smallest absolute Gasteiger partial charge is 0.225 e. The molecule has 0 heterocycles. The van der Waals surface area contributed by atoms with E-state index in [2.05, 4.69) is 5.32 Å². The lowest BCUT2D eigenvalue weighted by Crippen LogP contribution is -2.33. The zero-order valence-corrected chi connectivity index (χ0v) is 13.0. The first-order chi connectivity index (χ1) is 9.92. The number of amides is 1. The van der Waals surface area contributed by atoms with Gasteiger partial charge < -0.3 is 15.2 Å². The molecule has 1 aromatic rings. The SMILES string of the molecule is O=C([O-])CC1(CC(=O)Nc2c(Cl)cccc2Cl)CCCC1. The lowest BCUT2D eigenvalue weighted by atomic mass is 9.79. The van der Waals surface area contributed by atoms with E-state index in [0.717, 1.165) is 25.7 Å². The Balaban J connectivity index is 2.08. The normalized spacial score (nSPS) is 16.7. The van der Waals surface area contributed by atoms with Gasteiger partial charge in [0.05, 0.1) is 15.7 Å². The molecule has 6 heteroatoms. The largest absolute Gasteiger partial charge is 0.550 e. The molecule has 1 aliphatic rings. The maximum absolute atomic E-state index is 12.2. The van der Waals surface area contributed by atoms with Crippen LogP contribution in [-0.4, -0.2) is 11.9 Å². The summed E-state index contributed by atoms with van der Waals surface area (Å²) in [6.07, 6.45) is 3.38. The van der Waals surface area contributed by atoms with Crippen LogP contribution in [-0.2, 0) is 9.59 Å². The molecule has 0 radical (unpaired) electrons. The molecule has 2 rings (SSSR count). The highest BCUT2D eigenvalue weighted by molar-refractivity contribution is 6.39. The summed E-state index contributed by atoms with van der Waals surface area (Å²) < 4.78 is 0. The number of hydrogen-bond donors (Lipinski definition) is 1. The number of rotatable bonds is 5. The maximum atomic E-state index is 12.2. The highest BCUT2D eigenvalue weighted by atomic mass is 35.5. The Bertz CT molecular complexity index is 534. The number of halogens is 2. The zero-order valence-electron chi connectivity index (χ0n) is 11.5. The van der Waals surface area contributed by atoms with Crippen LogP contribution in [0.2, 0.25) is 10.0 Å². The van der Waals surface area contributed by atoms with Crippen LogP contribution >= 0.6 is 23.2 Å². The van der Waals surface area contributed by atoms with E-state index in [1.165, 1.54) is 0 Å². The van der Waals surface area contributed by atoms with E-state index in [1.54, 1.807) is 18.2 Å². The molecule has 1 aromatic carbocycles. The Hall–Kier alpha value is -1.26. The van der Waals surface area contributed by atoms with E-state index < -0.39 is 11.4 Å². The molecular weight excluding hydrogens is 313 g/mol. The van der Waals surface area contributed by atoms with E-state index in [4.69, 9.17) is 23.2 Å². The molecule has 0 aromatic heterocycles. The summed E-state index contributed by atoms with van der Waals surface area (Å²) in [5, 5.41) is 14.3. The molecule has 114 valence electrons. The van der Waals surface area contributed by atoms with Crippen LogP contribution in [0.3, 0.4) is 0 Å². The van der Waals surface area contributed by atoms with Gasteiger partial charge in [-0.05, 0) is 36.8 Å². The number of carbonyl (C=O) groups excluding carboxylic acids is 2. The van der Waals surface area contributed by atoms with Crippen molar-refractivity contribution in [3.05, 3.63) is 28.2 Å². The highest BCUT2D eigenvalue weighted by Gasteiger charge is 2.36. The van der Waals surface area contributed by atoms with Gasteiger partial charge in [-0.25, -0.2) is 0 Å². The summed E-state index contributed by atoms with van der Waals surface area (Å²) in [7, 11) is 0. The van der Waals surface area contributed by atoms with Crippen LogP contribution in [0.15, 0.2) is 18.2 Å². The van der Waals surface area contributed by atoms with Crippen LogP contribution in [0, 0.1) is 5.41 Å². The number of carbonyl (C=O) groups is 2. The van der Waals surface area contributed by atoms with E-state index >= 15 is 0 Å². The molecule has 0 saturated heterocycles. The summed E-state index contributed by atoms with van der Waals surface area (Å²) in [5.41, 5.74) is -0.135. The Morgan fingerprint density at radius 3 is 2.24 bits per heavy atom. The van der Waals surface area contributed by atoms with Crippen LogP contribution < -0.4 is 10.4 Å². The van der Waals surface area contributed by atoms with Gasteiger partial charge >= 0.3 is 0 Å². The first-order valence-corrected chi connectivity index (χ1v) is 7.61. The number of carboxylic acid groups (broad SMARTS) is 1. The number of benzene rings is 1. The van der Waals surface area contributed by atoms with Gasteiger partial charge in [0.1, 0.15) is 0 Å². The predicted octanol–water partition coefficient (Wildman–Crippen LogP) is 3.02. The first kappa shape index (κ1) is 16.1. The van der Waals surface area contributed by atoms with Gasteiger partial charge in [0.15, 0.2) is 0 Å². The summed E-state index contributed by atoms with van der Waals surface area (Å²) in [6.45, 7) is 0. The highest BCUT2D eigenvalue weighted by Crippen LogP contribution is 2.44. The topological polar surface area (TPSA) is 69.2 Å². The number of anilines is 1. The van der Waals surface area contributed by atoms with E-state index in [1.807, 2.05) is 0 Å². The molecular formula is C15H16Cl2NO3-. The molecule has 1 saturated carbocycles. The second-order valence-corrected chi connectivity index (χ2v) is 6.39. The Labute approximate surface area is 133 Å². The first-order valence-electron chi connectivity index (χ1n) is 6.86. The van der Waals surface area contributed by atoms with E-state index in [9.17, 15) is 14.7 Å². The minimum absolute atomic E-state index is 0.0866. The number of aliphatic carboxylic acids is 1. The molecule has 0 spiro atoms. The van der Waals surface area contributed by atoms with Crippen molar-refractivity contribution in [3.8, 4) is 0 Å². The summed E-state index contributed by atoms with van der Waals surface area (Å²) in [6, 6.07) is 4.96. The number of carboxylic acids is 1. The van der Waals surface area contributed by atoms with Crippen LogP contribution in [0.4, 0.5) is 5.69 Å². The molecule has 0 bridgehead atoms. The van der Waals surface area contributed by atoms with Gasteiger partial charge in [0.2, 0.25) is 5.91 Å². The number of para-hydroxylation sites is 1. The van der Waals surface area contributed by atoms with Crippen molar-refractivity contribution >= 4 is 40.8 Å². The van der Waals surface area contributed by atoms with Crippen LogP contribution in [0.25, 0.3) is 0 Å². The lowest BCUT2D eigenvalue weighted by molar-refractivity contribution is -0.308. The fourth-order valence-corrected chi connectivity index (χ4v) is 3.48. The molecule has 0 aliphatic heterocycles. The molecule has 1 aliphatic carbocycles. The summed E-state index contributed by atoms with van der Waals surface area (Å²) in [5.74, 6) is -1.38. The summed E-state index contributed by atoms with van der Waals surface area (Å²) in [4.78, 5) is 23.1. The number of hydrogen-bond acceptors (Lipinski definition) is 3. The molecule has 21 heavy (non-hydrogen) atoms. The van der Waals surface area contributed by atoms with Crippen molar-refractivity contribution in [1.82, 2.24) is 0 Å². The van der Waals surface area contributed by atoms with Crippen LogP contribution in [0.1, 0.15) is 38.5 Å². The predicted molar refractivity (Wildman–Crippen MR) is 80.2 cm³/mol. The minimum Gasteiger partial charge on any atom is -0.550 e. The Morgan fingerprint density at radius 1 is 1.14 bits per heavy atom. The molecule has 0 unspecified atom stereocenters. The molecule has 1 fully saturated rings. The third-order valence-corrected chi connectivity index (χ3v) is 4.58. The standard InChI is InChI=1S/C15H17Cl2NO3/c16-10-4-3-5-11(17)14(10)18-12(19)8-15(9-13(20)21)6-1-2-7-15/h3-5H,1-2,6-9H2,(H,18,19)(H,20,21)/p-1. The van der Waals surface area contributed by atoms with Gasteiger partial charge in [-0.2, -0.15) is 0 Å². The van der Waals surface area contributed by atoms with Crippen LogP contribution in [0.5, 0.6) is 0 Å². The molecule has 1 N–H and O–H groups in total. The quantitative estimate of drug-likeness (QED) is 0.903. The van der Waals surface area contributed by atoms with Gasteiger partial charge in [0.25, 0.3) is 0 Å². The van der Waals surface area contributed by atoms with Crippen molar-refractivity contribution in [2.24, 2.45) is 5.41 Å². The molecule has 4 nitrogen and oxygen atoms in total. The van der Waals surface area contributed by atoms with E-state index in [0.29, 0.717) is 15.7 Å². The van der Waals surface area contributed by atoms with Crippen molar-refractivity contribution in [1.29, 1.82) is 0 Å². The third-order valence-electron chi connectivity index (χ3n) is 3.95. The van der Waals surface area contributed by atoms with Gasteiger partial charge in [-0.15, -0.1) is 0 Å². The fourth-order valence-electron chi connectivity index (χ4n) is 2.99. The zero-order chi connectivity index (χ0) is 15.5. The second kappa shape index (κ2) is 6.67. The maximum Gasteiger partial charge on any atom is 0.225 e. The van der Waals surface area contributed by atoms with Crippen molar-refractivity contribution in [2.45, 2.75) is 38.5 Å². The average molecular weight is 329 g/mol. The minimum atomic E-state index is -1.11. The monoisotopic (exact) mass is 328 g/mol. The second-order valence-electron chi connectivity index (χ2n) is 5.58. The summed E-state index contributed by atoms with van der Waals surface area (Å²) >= 11 is 12.0. The lowest BCUT2D eigenvalue weighted by Gasteiger charge is -2.28. The van der Waals surface area contributed by atoms with Gasteiger partial charge in [-0.3, -0.25) is 4.79 Å². The fraction of sp³-hybridized carbons (Fsp3) is 0.467. The van der Waals surface area contributed by atoms with E-state index in [-0.39, 0.29) is 18.7 Å².